The van der Waals surface area contributed by atoms with Crippen molar-refractivity contribution in [1.29, 1.82) is 0 Å². The van der Waals surface area contributed by atoms with Gasteiger partial charge in [-0.25, -0.2) is 9.37 Å². The maximum absolute atomic E-state index is 13.3. The second-order valence-electron chi connectivity index (χ2n) is 7.62. The van der Waals surface area contributed by atoms with E-state index < -0.39 is 5.91 Å². The molecule has 0 fully saturated rings. The first-order valence-corrected chi connectivity index (χ1v) is 10.8. The number of thiazole rings is 1. The van der Waals surface area contributed by atoms with Crippen molar-refractivity contribution < 1.29 is 9.18 Å². The Morgan fingerprint density at radius 1 is 1.06 bits per heavy atom. The minimum absolute atomic E-state index is 0.239. The number of nitrogens with zero attached hydrogens (tertiary/aromatic N) is 3. The van der Waals surface area contributed by atoms with Gasteiger partial charge >= 0.3 is 0 Å². The Morgan fingerprint density at radius 3 is 2.59 bits per heavy atom. The van der Waals surface area contributed by atoms with Crippen LogP contribution >= 0.6 is 11.3 Å². The minimum atomic E-state index is -0.415. The molecule has 4 aromatic rings. The molecule has 0 aliphatic rings. The van der Waals surface area contributed by atoms with Crippen LogP contribution in [0.25, 0.3) is 11.4 Å². The molecule has 0 spiro atoms. The summed E-state index contributed by atoms with van der Waals surface area (Å²) in [6.45, 7) is 6.00. The summed E-state index contributed by atoms with van der Waals surface area (Å²) in [5.41, 5.74) is 4.93. The summed E-state index contributed by atoms with van der Waals surface area (Å²) in [6.07, 6.45) is 1.56. The third-order valence-electron chi connectivity index (χ3n) is 4.99. The van der Waals surface area contributed by atoms with Gasteiger partial charge in [0.2, 0.25) is 0 Å². The molecule has 3 aromatic heterocycles. The van der Waals surface area contributed by atoms with Crippen LogP contribution in [0.2, 0.25) is 0 Å². The number of carbonyl (C=O) groups is 1. The smallest absolute Gasteiger partial charge is 0.257 e. The summed E-state index contributed by atoms with van der Waals surface area (Å²) in [5.74, 6) is -0.731. The quantitative estimate of drug-likeness (QED) is 0.479. The van der Waals surface area contributed by atoms with Crippen molar-refractivity contribution in [2.45, 2.75) is 27.3 Å². The van der Waals surface area contributed by atoms with Gasteiger partial charge in [-0.15, -0.1) is 11.3 Å². The molecule has 32 heavy (non-hydrogen) atoms. The summed E-state index contributed by atoms with van der Waals surface area (Å²) >= 11 is 1.29. The number of rotatable bonds is 5. The zero-order valence-corrected chi connectivity index (χ0v) is 18.7. The van der Waals surface area contributed by atoms with Crippen molar-refractivity contribution in [3.8, 4) is 11.4 Å². The highest BCUT2D eigenvalue weighted by molar-refractivity contribution is 7.14. The molecular formula is C24H21FN4O2S. The number of aryl methyl sites for hydroxylation is 3. The van der Waals surface area contributed by atoms with Crippen molar-refractivity contribution in [1.82, 2.24) is 14.5 Å². The average molecular weight is 449 g/mol. The number of carbonyl (C=O) groups excluding carboxylic acids is 1. The molecule has 162 valence electrons. The fraction of sp³-hybridized carbons (Fsp3) is 0.167. The third-order valence-corrected chi connectivity index (χ3v) is 5.75. The average Bonchev–Trinajstić information content (AvgIpc) is 3.19. The van der Waals surface area contributed by atoms with Crippen molar-refractivity contribution in [3.63, 3.8) is 0 Å². The number of hydrogen-bond donors (Lipinski definition) is 1. The van der Waals surface area contributed by atoms with E-state index in [2.05, 4.69) is 15.3 Å². The first-order valence-electron chi connectivity index (χ1n) is 9.96. The van der Waals surface area contributed by atoms with Gasteiger partial charge in [-0.3, -0.25) is 19.9 Å². The van der Waals surface area contributed by atoms with Gasteiger partial charge in [0.1, 0.15) is 11.5 Å². The standard InChI is InChI=1S/C24H21FN4O2S/c1-14-8-16(3)26-20(9-14)21-13-32-24(27-21)28-23(31)17-6-7-29(22(30)11-17)12-18-4-5-19(25)10-15(18)2/h4-11,13H,12H2,1-3H3,(H,27,28,31). The highest BCUT2D eigenvalue weighted by Crippen LogP contribution is 2.25. The van der Waals surface area contributed by atoms with Gasteiger partial charge in [0, 0.05) is 28.9 Å². The molecule has 1 N–H and O–H groups in total. The number of amides is 1. The lowest BCUT2D eigenvalue weighted by Gasteiger charge is -2.09. The minimum Gasteiger partial charge on any atom is -0.311 e. The molecule has 0 bridgehead atoms. The van der Waals surface area contributed by atoms with Gasteiger partial charge in [0.15, 0.2) is 5.13 Å². The van der Waals surface area contributed by atoms with Crippen LogP contribution in [0, 0.1) is 26.6 Å². The maximum Gasteiger partial charge on any atom is 0.257 e. The van der Waals surface area contributed by atoms with Crippen LogP contribution in [0.4, 0.5) is 9.52 Å². The van der Waals surface area contributed by atoms with Crippen LogP contribution in [0.3, 0.4) is 0 Å². The second-order valence-corrected chi connectivity index (χ2v) is 8.47. The molecule has 1 aromatic carbocycles. The fourth-order valence-corrected chi connectivity index (χ4v) is 4.09. The van der Waals surface area contributed by atoms with E-state index in [-0.39, 0.29) is 16.9 Å². The molecule has 0 aliphatic carbocycles. The van der Waals surface area contributed by atoms with Gasteiger partial charge in [0.05, 0.1) is 12.2 Å². The monoisotopic (exact) mass is 448 g/mol. The van der Waals surface area contributed by atoms with Crippen LogP contribution in [0.1, 0.15) is 32.7 Å². The number of halogens is 1. The second kappa shape index (κ2) is 8.84. The van der Waals surface area contributed by atoms with Crippen LogP contribution in [-0.4, -0.2) is 20.4 Å². The predicted octanol–water partition coefficient (Wildman–Crippen LogP) is 4.73. The largest absolute Gasteiger partial charge is 0.311 e. The maximum atomic E-state index is 13.3. The lowest BCUT2D eigenvalue weighted by Crippen LogP contribution is -2.23. The summed E-state index contributed by atoms with van der Waals surface area (Å²) < 4.78 is 14.8. The van der Waals surface area contributed by atoms with Gasteiger partial charge in [-0.05, 0) is 67.8 Å². The van der Waals surface area contributed by atoms with Crippen molar-refractivity contribution in [3.05, 3.63) is 98.2 Å². The van der Waals surface area contributed by atoms with E-state index in [0.717, 1.165) is 28.1 Å². The lowest BCUT2D eigenvalue weighted by atomic mass is 10.1. The van der Waals surface area contributed by atoms with E-state index in [4.69, 9.17) is 0 Å². The van der Waals surface area contributed by atoms with Gasteiger partial charge in [-0.1, -0.05) is 6.07 Å². The van der Waals surface area contributed by atoms with Crippen LogP contribution in [0.15, 0.2) is 58.8 Å². The zero-order chi connectivity index (χ0) is 22.8. The Labute approximate surface area is 188 Å². The molecule has 0 radical (unpaired) electrons. The van der Waals surface area contributed by atoms with Gasteiger partial charge < -0.3 is 4.57 Å². The molecule has 6 nitrogen and oxygen atoms in total. The SMILES string of the molecule is Cc1cc(C)nc(-c2csc(NC(=O)c3ccn(Cc4ccc(F)cc4C)c(=O)c3)n2)c1. The first-order chi connectivity index (χ1) is 15.3. The van der Waals surface area contributed by atoms with E-state index in [0.29, 0.717) is 17.4 Å². The van der Waals surface area contributed by atoms with Crippen LogP contribution in [-0.2, 0) is 6.54 Å². The molecule has 4 rings (SSSR count). The molecule has 0 unspecified atom stereocenters. The molecule has 3 heterocycles. The Morgan fingerprint density at radius 2 is 1.88 bits per heavy atom. The van der Waals surface area contributed by atoms with Gasteiger partial charge in [0.25, 0.3) is 11.5 Å². The number of hydrogen-bond acceptors (Lipinski definition) is 5. The van der Waals surface area contributed by atoms with Crippen LogP contribution < -0.4 is 10.9 Å². The summed E-state index contributed by atoms with van der Waals surface area (Å²) in [4.78, 5) is 34.1. The fourth-order valence-electron chi connectivity index (χ4n) is 3.39. The normalized spacial score (nSPS) is 10.9. The Bertz CT molecular complexity index is 1360. The number of pyridine rings is 2. The Kier molecular flexibility index (Phi) is 5.96. The highest BCUT2D eigenvalue weighted by atomic mass is 32.1. The number of nitrogens with one attached hydrogen (secondary N) is 1. The number of aromatic nitrogens is 3. The van der Waals surface area contributed by atoms with Crippen molar-refractivity contribution in [2.75, 3.05) is 5.32 Å². The molecule has 0 saturated carbocycles. The van der Waals surface area contributed by atoms with E-state index in [9.17, 15) is 14.0 Å². The van der Waals surface area contributed by atoms with Gasteiger partial charge in [-0.2, -0.15) is 0 Å². The molecule has 1 amide bonds. The number of anilines is 1. The van der Waals surface area contributed by atoms with E-state index in [1.807, 2.05) is 31.4 Å². The Hall–Kier alpha value is -3.65. The molecule has 0 aliphatic heterocycles. The van der Waals surface area contributed by atoms with E-state index >= 15 is 0 Å². The number of benzene rings is 1. The molecule has 0 saturated heterocycles. The van der Waals surface area contributed by atoms with Crippen molar-refractivity contribution >= 4 is 22.4 Å². The summed E-state index contributed by atoms with van der Waals surface area (Å²) in [5, 5.41) is 5.00. The lowest BCUT2D eigenvalue weighted by molar-refractivity contribution is 0.102. The summed E-state index contributed by atoms with van der Waals surface area (Å²) in [7, 11) is 0. The topological polar surface area (TPSA) is 76.9 Å². The van der Waals surface area contributed by atoms with E-state index in [1.54, 1.807) is 25.3 Å². The first kappa shape index (κ1) is 21.6. The zero-order valence-electron chi connectivity index (χ0n) is 17.8. The van der Waals surface area contributed by atoms with Crippen LogP contribution in [0.5, 0.6) is 0 Å². The summed E-state index contributed by atoms with van der Waals surface area (Å²) in [6, 6.07) is 11.2. The molecule has 8 heteroatoms. The highest BCUT2D eigenvalue weighted by Gasteiger charge is 2.13. The predicted molar refractivity (Wildman–Crippen MR) is 124 cm³/mol. The van der Waals surface area contributed by atoms with Crippen molar-refractivity contribution in [2.24, 2.45) is 0 Å². The Balaban J connectivity index is 1.49. The molecular weight excluding hydrogens is 427 g/mol. The van der Waals surface area contributed by atoms with E-state index in [1.165, 1.54) is 34.1 Å². The molecule has 0 atom stereocenters. The third kappa shape index (κ3) is 4.81.